The van der Waals surface area contributed by atoms with Crippen molar-refractivity contribution in [3.63, 3.8) is 0 Å². The van der Waals surface area contributed by atoms with Crippen LogP contribution in [0.2, 0.25) is 0 Å². The minimum atomic E-state index is -0.322. The quantitative estimate of drug-likeness (QED) is 0.815. The highest BCUT2D eigenvalue weighted by Crippen LogP contribution is 2.25. The summed E-state index contributed by atoms with van der Waals surface area (Å²) in [6, 6.07) is 4.78. The van der Waals surface area contributed by atoms with Gasteiger partial charge in [0.1, 0.15) is 10.8 Å². The van der Waals surface area contributed by atoms with Crippen molar-refractivity contribution in [1.29, 1.82) is 0 Å². The summed E-state index contributed by atoms with van der Waals surface area (Å²) in [5, 5.41) is 0. The zero-order chi connectivity index (χ0) is 12.4. The average molecular weight is 254 g/mol. The van der Waals surface area contributed by atoms with Crippen molar-refractivity contribution >= 4 is 22.9 Å². The Labute approximate surface area is 105 Å². The van der Waals surface area contributed by atoms with Crippen LogP contribution in [-0.2, 0) is 4.74 Å². The molecule has 3 nitrogen and oxygen atoms in total. The molecule has 5 heteroatoms. The molecule has 2 N–H and O–H groups in total. The number of nitrogens with zero attached hydrogens (tertiary/aromatic N) is 1. The first kappa shape index (κ1) is 12.3. The van der Waals surface area contributed by atoms with Crippen LogP contribution in [-0.4, -0.2) is 30.8 Å². The first-order valence-electron chi connectivity index (χ1n) is 5.53. The molecule has 0 bridgehead atoms. The Morgan fingerprint density at radius 1 is 1.59 bits per heavy atom. The monoisotopic (exact) mass is 254 g/mol. The van der Waals surface area contributed by atoms with Gasteiger partial charge < -0.3 is 15.4 Å². The number of hydrogen-bond acceptors (Lipinski definition) is 3. The summed E-state index contributed by atoms with van der Waals surface area (Å²) in [6.07, 6.45) is 0. The molecule has 1 atom stereocenters. The van der Waals surface area contributed by atoms with Gasteiger partial charge in [-0.2, -0.15) is 0 Å². The Morgan fingerprint density at radius 3 is 3.00 bits per heavy atom. The van der Waals surface area contributed by atoms with E-state index in [0.717, 1.165) is 12.2 Å². The van der Waals surface area contributed by atoms with Crippen molar-refractivity contribution in [1.82, 2.24) is 0 Å². The largest absolute Gasteiger partial charge is 0.389 e. The molecule has 0 radical (unpaired) electrons. The summed E-state index contributed by atoms with van der Waals surface area (Å²) < 4.78 is 18.6. The van der Waals surface area contributed by atoms with Gasteiger partial charge >= 0.3 is 0 Å². The molecule has 1 aromatic carbocycles. The molecule has 17 heavy (non-hydrogen) atoms. The fourth-order valence-corrected chi connectivity index (χ4v) is 2.20. The van der Waals surface area contributed by atoms with Crippen molar-refractivity contribution < 1.29 is 9.13 Å². The average Bonchev–Trinajstić information content (AvgIpc) is 2.30. The maximum Gasteiger partial charge on any atom is 0.124 e. The lowest BCUT2D eigenvalue weighted by atomic mass is 10.1. The number of nitrogens with two attached hydrogens (primary N) is 1. The molecule has 0 saturated carbocycles. The Hall–Kier alpha value is -1.20. The second-order valence-electron chi connectivity index (χ2n) is 4.14. The third kappa shape index (κ3) is 2.56. The summed E-state index contributed by atoms with van der Waals surface area (Å²) in [7, 11) is 0. The topological polar surface area (TPSA) is 38.5 Å². The highest BCUT2D eigenvalue weighted by atomic mass is 32.1. The van der Waals surface area contributed by atoms with E-state index >= 15 is 0 Å². The normalized spacial score (nSPS) is 20.4. The van der Waals surface area contributed by atoms with E-state index in [1.54, 1.807) is 6.07 Å². The number of morpholine rings is 1. The van der Waals surface area contributed by atoms with Crippen LogP contribution in [0.1, 0.15) is 12.5 Å². The van der Waals surface area contributed by atoms with Gasteiger partial charge in [0.2, 0.25) is 0 Å². The van der Waals surface area contributed by atoms with E-state index < -0.39 is 0 Å². The van der Waals surface area contributed by atoms with Crippen LogP contribution in [0.5, 0.6) is 0 Å². The number of ether oxygens (including phenoxy) is 1. The van der Waals surface area contributed by atoms with E-state index in [4.69, 9.17) is 22.7 Å². The predicted octanol–water partition coefficient (Wildman–Crippen LogP) is 1.69. The third-order valence-electron chi connectivity index (χ3n) is 2.90. The molecule has 1 aromatic rings. The second kappa shape index (κ2) is 4.98. The van der Waals surface area contributed by atoms with E-state index in [9.17, 15) is 4.39 Å². The SMILES string of the molecule is CC1COCCN1c1ccc(F)cc1C(N)=S. The van der Waals surface area contributed by atoms with Gasteiger partial charge in [-0.3, -0.25) is 0 Å². The third-order valence-corrected chi connectivity index (χ3v) is 3.12. The van der Waals surface area contributed by atoms with Crippen LogP contribution in [0.25, 0.3) is 0 Å². The number of thiocarbonyl (C=S) groups is 1. The number of rotatable bonds is 2. The molecule has 0 aliphatic carbocycles. The summed E-state index contributed by atoms with van der Waals surface area (Å²) in [4.78, 5) is 2.37. The molecule has 0 aromatic heterocycles. The van der Waals surface area contributed by atoms with Crippen molar-refractivity contribution in [2.24, 2.45) is 5.73 Å². The summed E-state index contributed by atoms with van der Waals surface area (Å²) >= 11 is 4.97. The van der Waals surface area contributed by atoms with Crippen molar-refractivity contribution in [2.75, 3.05) is 24.7 Å². The van der Waals surface area contributed by atoms with Gasteiger partial charge in [-0.15, -0.1) is 0 Å². The van der Waals surface area contributed by atoms with Crippen molar-refractivity contribution in [2.45, 2.75) is 13.0 Å². The van der Waals surface area contributed by atoms with Crippen LogP contribution in [0.15, 0.2) is 18.2 Å². The van der Waals surface area contributed by atoms with Crippen molar-refractivity contribution in [3.8, 4) is 0 Å². The molecule has 1 unspecified atom stereocenters. The summed E-state index contributed by atoms with van der Waals surface area (Å²) in [6.45, 7) is 4.15. The number of benzene rings is 1. The number of halogens is 1. The van der Waals surface area contributed by atoms with Crippen molar-refractivity contribution in [3.05, 3.63) is 29.6 Å². The van der Waals surface area contributed by atoms with Crippen LogP contribution in [0.4, 0.5) is 10.1 Å². The van der Waals surface area contributed by atoms with Gasteiger partial charge in [0.15, 0.2) is 0 Å². The molecule has 1 aliphatic heterocycles. The van der Waals surface area contributed by atoms with Gasteiger partial charge in [0, 0.05) is 23.8 Å². The number of hydrogen-bond donors (Lipinski definition) is 1. The molecular weight excluding hydrogens is 239 g/mol. The molecule has 0 amide bonds. The van der Waals surface area contributed by atoms with E-state index in [2.05, 4.69) is 11.8 Å². The lowest BCUT2D eigenvalue weighted by Gasteiger charge is -2.36. The van der Waals surface area contributed by atoms with E-state index in [1.807, 2.05) is 0 Å². The summed E-state index contributed by atoms with van der Waals surface area (Å²) in [5.74, 6) is -0.322. The molecule has 92 valence electrons. The lowest BCUT2D eigenvalue weighted by Crippen LogP contribution is -2.44. The molecular formula is C12H15FN2OS. The molecule has 1 saturated heterocycles. The Bertz CT molecular complexity index is 439. The Kier molecular flexibility index (Phi) is 3.59. The summed E-state index contributed by atoms with van der Waals surface area (Å²) in [5.41, 5.74) is 7.12. The lowest BCUT2D eigenvalue weighted by molar-refractivity contribution is 0.0989. The van der Waals surface area contributed by atoms with Crippen LogP contribution < -0.4 is 10.6 Å². The molecule has 2 rings (SSSR count). The molecule has 1 fully saturated rings. The van der Waals surface area contributed by atoms with Gasteiger partial charge in [-0.05, 0) is 25.1 Å². The smallest absolute Gasteiger partial charge is 0.124 e. The second-order valence-corrected chi connectivity index (χ2v) is 4.58. The van der Waals surface area contributed by atoms with E-state index in [-0.39, 0.29) is 16.8 Å². The van der Waals surface area contributed by atoms with Crippen LogP contribution in [0.3, 0.4) is 0 Å². The van der Waals surface area contributed by atoms with Gasteiger partial charge in [-0.25, -0.2) is 4.39 Å². The minimum absolute atomic E-state index is 0.221. The van der Waals surface area contributed by atoms with E-state index in [0.29, 0.717) is 18.8 Å². The van der Waals surface area contributed by atoms with Crippen LogP contribution in [0, 0.1) is 5.82 Å². The minimum Gasteiger partial charge on any atom is -0.389 e. The van der Waals surface area contributed by atoms with Gasteiger partial charge in [-0.1, -0.05) is 12.2 Å². The molecule has 1 heterocycles. The van der Waals surface area contributed by atoms with Crippen LogP contribution >= 0.6 is 12.2 Å². The fraction of sp³-hybridized carbons (Fsp3) is 0.417. The molecule has 0 spiro atoms. The fourth-order valence-electron chi connectivity index (χ4n) is 2.04. The van der Waals surface area contributed by atoms with Gasteiger partial charge in [0.25, 0.3) is 0 Å². The maximum absolute atomic E-state index is 13.2. The Balaban J connectivity index is 2.39. The standard InChI is InChI=1S/C12H15FN2OS/c1-8-7-16-5-4-15(8)11-3-2-9(13)6-10(11)12(14)17/h2-3,6,8H,4-5,7H2,1H3,(H2,14,17). The van der Waals surface area contributed by atoms with Gasteiger partial charge in [0.05, 0.1) is 13.2 Å². The zero-order valence-electron chi connectivity index (χ0n) is 9.65. The molecule has 1 aliphatic rings. The van der Waals surface area contributed by atoms with E-state index in [1.165, 1.54) is 12.1 Å². The maximum atomic E-state index is 13.2. The highest BCUT2D eigenvalue weighted by molar-refractivity contribution is 7.80. The first-order valence-corrected chi connectivity index (χ1v) is 5.94. The highest BCUT2D eigenvalue weighted by Gasteiger charge is 2.22. The Morgan fingerprint density at radius 2 is 2.35 bits per heavy atom. The first-order chi connectivity index (χ1) is 8.09. The number of anilines is 1. The zero-order valence-corrected chi connectivity index (χ0v) is 10.5. The predicted molar refractivity (Wildman–Crippen MR) is 69.9 cm³/mol.